The van der Waals surface area contributed by atoms with Crippen molar-refractivity contribution in [2.45, 2.75) is 25.9 Å². The van der Waals surface area contributed by atoms with Crippen molar-refractivity contribution < 1.29 is 0 Å². The van der Waals surface area contributed by atoms with Crippen LogP contribution in [0.3, 0.4) is 0 Å². The van der Waals surface area contributed by atoms with E-state index in [1.165, 1.54) is 27.9 Å². The molecule has 1 fully saturated rings. The number of anilines is 1. The van der Waals surface area contributed by atoms with E-state index in [0.29, 0.717) is 6.04 Å². The predicted molar refractivity (Wildman–Crippen MR) is 73.6 cm³/mol. The summed E-state index contributed by atoms with van der Waals surface area (Å²) in [5, 5.41) is 4.50. The van der Waals surface area contributed by atoms with Gasteiger partial charge in [0.25, 0.3) is 0 Å². The topological polar surface area (TPSA) is 28.2 Å². The first kappa shape index (κ1) is 12.2. The molecule has 90 valence electrons. The highest BCUT2D eigenvalue weighted by atomic mass is 32.2. The average Bonchev–Trinajstić information content (AvgIpc) is 2.96. The molecule has 2 rings (SSSR count). The largest absolute Gasteiger partial charge is 0.347 e. The maximum Gasteiger partial charge on any atom is 0.185 e. The average molecular weight is 257 g/mol. The van der Waals surface area contributed by atoms with E-state index in [9.17, 15) is 0 Å². The molecule has 1 N–H and O–H groups in total. The molecule has 3 nitrogen and oxygen atoms in total. The standard InChI is InChI=1S/C11H19N3S2/c1-3-12-6-10-7-13-11(16-10)14(2)9-4-5-15-8-9/h7,9,12H,3-6,8H2,1-2H3. The number of thioether (sulfide) groups is 1. The number of hydrogen-bond donors (Lipinski definition) is 1. The zero-order valence-corrected chi connectivity index (χ0v) is 11.5. The Morgan fingerprint density at radius 2 is 2.50 bits per heavy atom. The maximum atomic E-state index is 4.51. The number of nitrogens with zero attached hydrogens (tertiary/aromatic N) is 2. The van der Waals surface area contributed by atoms with Crippen LogP contribution in [-0.2, 0) is 6.54 Å². The fraction of sp³-hybridized carbons (Fsp3) is 0.727. The normalized spacial score (nSPS) is 20.2. The lowest BCUT2D eigenvalue weighted by Crippen LogP contribution is -2.30. The van der Waals surface area contributed by atoms with E-state index < -0.39 is 0 Å². The van der Waals surface area contributed by atoms with Crippen molar-refractivity contribution in [3.05, 3.63) is 11.1 Å². The molecule has 0 aliphatic carbocycles. The summed E-state index contributed by atoms with van der Waals surface area (Å²) in [4.78, 5) is 8.18. The van der Waals surface area contributed by atoms with Crippen LogP contribution in [0.1, 0.15) is 18.2 Å². The molecule has 0 radical (unpaired) electrons. The van der Waals surface area contributed by atoms with Gasteiger partial charge in [-0.25, -0.2) is 4.98 Å². The SMILES string of the molecule is CCNCc1cnc(N(C)C2CCSC2)s1. The van der Waals surface area contributed by atoms with Crippen LogP contribution >= 0.6 is 23.1 Å². The van der Waals surface area contributed by atoms with Gasteiger partial charge in [-0.3, -0.25) is 0 Å². The van der Waals surface area contributed by atoms with Crippen molar-refractivity contribution in [3.63, 3.8) is 0 Å². The lowest BCUT2D eigenvalue weighted by atomic mass is 10.2. The number of nitrogens with one attached hydrogen (secondary N) is 1. The van der Waals surface area contributed by atoms with Crippen LogP contribution in [0.2, 0.25) is 0 Å². The molecule has 1 aliphatic rings. The molecular formula is C11H19N3S2. The van der Waals surface area contributed by atoms with Crippen LogP contribution in [0.15, 0.2) is 6.20 Å². The van der Waals surface area contributed by atoms with Gasteiger partial charge >= 0.3 is 0 Å². The minimum Gasteiger partial charge on any atom is -0.347 e. The number of rotatable bonds is 5. The molecular weight excluding hydrogens is 238 g/mol. The van der Waals surface area contributed by atoms with E-state index in [1.54, 1.807) is 0 Å². The first-order valence-electron chi connectivity index (χ1n) is 5.77. The Balaban J connectivity index is 1.94. The summed E-state index contributed by atoms with van der Waals surface area (Å²) >= 11 is 3.86. The first-order chi connectivity index (χ1) is 7.81. The van der Waals surface area contributed by atoms with Gasteiger partial charge in [0, 0.05) is 36.5 Å². The van der Waals surface area contributed by atoms with Gasteiger partial charge in [-0.2, -0.15) is 11.8 Å². The highest BCUT2D eigenvalue weighted by molar-refractivity contribution is 7.99. The molecule has 1 atom stereocenters. The molecule has 1 saturated heterocycles. The minimum atomic E-state index is 0.683. The van der Waals surface area contributed by atoms with Crippen molar-refractivity contribution in [1.82, 2.24) is 10.3 Å². The maximum absolute atomic E-state index is 4.51. The Morgan fingerprint density at radius 1 is 1.62 bits per heavy atom. The third-order valence-corrected chi connectivity index (χ3v) is 5.08. The van der Waals surface area contributed by atoms with Crippen molar-refractivity contribution >= 4 is 28.2 Å². The third-order valence-electron chi connectivity index (χ3n) is 2.85. The Bertz CT molecular complexity index is 321. The van der Waals surface area contributed by atoms with Gasteiger partial charge in [0.1, 0.15) is 0 Å². The molecule has 1 aromatic heterocycles. The Labute approximate surface area is 106 Å². The van der Waals surface area contributed by atoms with Gasteiger partial charge in [0.2, 0.25) is 0 Å². The molecule has 1 aliphatic heterocycles. The van der Waals surface area contributed by atoms with Gasteiger partial charge in [0.05, 0.1) is 0 Å². The molecule has 0 saturated carbocycles. The monoisotopic (exact) mass is 257 g/mol. The van der Waals surface area contributed by atoms with Crippen LogP contribution < -0.4 is 10.2 Å². The summed E-state index contributed by atoms with van der Waals surface area (Å²) in [6.07, 6.45) is 3.30. The van der Waals surface area contributed by atoms with Gasteiger partial charge in [-0.05, 0) is 18.7 Å². The lowest BCUT2D eigenvalue weighted by Gasteiger charge is -2.22. The zero-order valence-electron chi connectivity index (χ0n) is 9.90. The van der Waals surface area contributed by atoms with E-state index in [2.05, 4.69) is 29.2 Å². The van der Waals surface area contributed by atoms with Crippen LogP contribution in [-0.4, -0.2) is 36.1 Å². The van der Waals surface area contributed by atoms with E-state index in [0.717, 1.165) is 13.1 Å². The van der Waals surface area contributed by atoms with E-state index in [-0.39, 0.29) is 0 Å². The summed E-state index contributed by atoms with van der Waals surface area (Å²) in [6.45, 7) is 4.09. The minimum absolute atomic E-state index is 0.683. The van der Waals surface area contributed by atoms with E-state index in [1.807, 2.05) is 29.3 Å². The van der Waals surface area contributed by atoms with Crippen molar-refractivity contribution in [3.8, 4) is 0 Å². The van der Waals surface area contributed by atoms with E-state index in [4.69, 9.17) is 0 Å². The van der Waals surface area contributed by atoms with Gasteiger partial charge in [-0.1, -0.05) is 6.92 Å². The lowest BCUT2D eigenvalue weighted by molar-refractivity contribution is 0.698. The molecule has 1 aromatic rings. The molecule has 1 unspecified atom stereocenters. The Morgan fingerprint density at radius 3 is 3.19 bits per heavy atom. The van der Waals surface area contributed by atoms with Gasteiger partial charge in [-0.15, -0.1) is 11.3 Å². The first-order valence-corrected chi connectivity index (χ1v) is 7.74. The fourth-order valence-electron chi connectivity index (χ4n) is 1.77. The summed E-state index contributed by atoms with van der Waals surface area (Å²) in [5.41, 5.74) is 0. The van der Waals surface area contributed by atoms with E-state index >= 15 is 0 Å². The summed E-state index contributed by atoms with van der Waals surface area (Å²) in [7, 11) is 2.17. The summed E-state index contributed by atoms with van der Waals surface area (Å²) < 4.78 is 0. The summed E-state index contributed by atoms with van der Waals surface area (Å²) in [5.74, 6) is 2.54. The molecule has 0 spiro atoms. The number of hydrogen-bond acceptors (Lipinski definition) is 5. The molecule has 0 aromatic carbocycles. The predicted octanol–water partition coefficient (Wildman–Crippen LogP) is 2.19. The second kappa shape index (κ2) is 5.89. The molecule has 0 amide bonds. The Hall–Kier alpha value is -0.260. The van der Waals surface area contributed by atoms with Gasteiger partial charge < -0.3 is 10.2 Å². The highest BCUT2D eigenvalue weighted by Crippen LogP contribution is 2.28. The van der Waals surface area contributed by atoms with Crippen LogP contribution in [0.5, 0.6) is 0 Å². The quantitative estimate of drug-likeness (QED) is 0.875. The molecule has 0 bridgehead atoms. The molecule has 5 heteroatoms. The van der Waals surface area contributed by atoms with Crippen molar-refractivity contribution in [1.29, 1.82) is 0 Å². The third kappa shape index (κ3) is 2.90. The highest BCUT2D eigenvalue weighted by Gasteiger charge is 2.22. The van der Waals surface area contributed by atoms with Crippen LogP contribution in [0.25, 0.3) is 0 Å². The van der Waals surface area contributed by atoms with Crippen LogP contribution in [0, 0.1) is 0 Å². The smallest absolute Gasteiger partial charge is 0.185 e. The number of aromatic nitrogens is 1. The van der Waals surface area contributed by atoms with Crippen molar-refractivity contribution in [2.24, 2.45) is 0 Å². The van der Waals surface area contributed by atoms with Crippen LogP contribution in [0.4, 0.5) is 5.13 Å². The summed E-state index contributed by atoms with van der Waals surface area (Å²) in [6, 6.07) is 0.683. The Kier molecular flexibility index (Phi) is 4.49. The number of thiazole rings is 1. The molecule has 16 heavy (non-hydrogen) atoms. The fourth-order valence-corrected chi connectivity index (χ4v) is 3.95. The second-order valence-corrected chi connectivity index (χ2v) is 6.26. The zero-order chi connectivity index (χ0) is 11.4. The molecule has 2 heterocycles. The second-order valence-electron chi connectivity index (χ2n) is 4.02. The van der Waals surface area contributed by atoms with Crippen molar-refractivity contribution in [2.75, 3.05) is 30.0 Å². The van der Waals surface area contributed by atoms with Gasteiger partial charge in [0.15, 0.2) is 5.13 Å².